The fourth-order valence-corrected chi connectivity index (χ4v) is 6.71. The molecule has 30 heavy (non-hydrogen) atoms. The monoisotopic (exact) mass is 461 g/mol. The Balaban J connectivity index is 1.98. The van der Waals surface area contributed by atoms with Crippen molar-refractivity contribution >= 4 is 18.6 Å². The first kappa shape index (κ1) is 25.7. The third kappa shape index (κ3) is 7.83. The van der Waals surface area contributed by atoms with E-state index in [1.165, 1.54) is 0 Å². The predicted molar refractivity (Wildman–Crippen MR) is 119 cm³/mol. The standard InChI is InChI=1S/C21H36NO6PS/c1-5-27-29(23,28-6-2)20(22-30(24)19-13-11-18(3)12-14-19)10-8-7-9-15-21(4)25-16-17-26-21/h11-14,20,22H,5-10,15-17H2,1-4H3/t20-,30+/m1/s1. The Kier molecular flexibility index (Phi) is 10.6. The highest BCUT2D eigenvalue weighted by Gasteiger charge is 2.36. The van der Waals surface area contributed by atoms with Gasteiger partial charge in [-0.05, 0) is 52.7 Å². The molecule has 0 aromatic heterocycles. The van der Waals surface area contributed by atoms with E-state index in [0.29, 0.717) is 24.5 Å². The maximum atomic E-state index is 13.4. The highest BCUT2D eigenvalue weighted by Crippen LogP contribution is 2.53. The number of nitrogens with one attached hydrogen (secondary N) is 1. The molecule has 2 rings (SSSR count). The number of unbranched alkanes of at least 4 members (excludes halogenated alkanes) is 2. The van der Waals surface area contributed by atoms with Crippen LogP contribution in [0, 0.1) is 6.92 Å². The lowest BCUT2D eigenvalue weighted by Gasteiger charge is -2.27. The topological polar surface area (TPSA) is 83.1 Å². The summed E-state index contributed by atoms with van der Waals surface area (Å²) in [6.07, 6.45) is 3.99. The van der Waals surface area contributed by atoms with Crippen molar-refractivity contribution < 1.29 is 27.3 Å². The zero-order valence-corrected chi connectivity index (χ0v) is 20.3. The molecule has 2 atom stereocenters. The van der Waals surface area contributed by atoms with Crippen LogP contribution < -0.4 is 4.72 Å². The molecule has 0 bridgehead atoms. The number of benzene rings is 1. The molecule has 1 heterocycles. The van der Waals surface area contributed by atoms with E-state index in [4.69, 9.17) is 18.5 Å². The molecule has 0 unspecified atom stereocenters. The summed E-state index contributed by atoms with van der Waals surface area (Å²) in [6.45, 7) is 9.30. The van der Waals surface area contributed by atoms with Crippen molar-refractivity contribution in [1.29, 1.82) is 0 Å². The van der Waals surface area contributed by atoms with E-state index in [9.17, 15) is 8.77 Å². The molecule has 172 valence electrons. The van der Waals surface area contributed by atoms with Crippen molar-refractivity contribution in [2.45, 2.75) is 76.3 Å². The quantitative estimate of drug-likeness (QED) is 0.313. The second-order valence-electron chi connectivity index (χ2n) is 7.52. The van der Waals surface area contributed by atoms with Crippen molar-refractivity contribution in [2.24, 2.45) is 0 Å². The smallest absolute Gasteiger partial charge is 0.348 e. The van der Waals surface area contributed by atoms with Gasteiger partial charge in [0.15, 0.2) is 5.79 Å². The molecule has 1 N–H and O–H groups in total. The van der Waals surface area contributed by atoms with E-state index in [1.54, 1.807) is 13.8 Å². The molecule has 1 saturated heterocycles. The van der Waals surface area contributed by atoms with Gasteiger partial charge in [-0.2, -0.15) is 0 Å². The molecule has 1 aliphatic rings. The summed E-state index contributed by atoms with van der Waals surface area (Å²) in [5.74, 6) is -1.13. The molecule has 0 radical (unpaired) electrons. The van der Waals surface area contributed by atoms with Crippen LogP contribution in [0.2, 0.25) is 0 Å². The number of rotatable bonds is 14. The third-order valence-electron chi connectivity index (χ3n) is 4.98. The van der Waals surface area contributed by atoms with Crippen LogP contribution in [0.1, 0.15) is 58.4 Å². The molecule has 0 aliphatic carbocycles. The molecule has 0 amide bonds. The van der Waals surface area contributed by atoms with Gasteiger partial charge in [-0.3, -0.25) is 4.57 Å². The maximum absolute atomic E-state index is 13.4. The van der Waals surface area contributed by atoms with Gasteiger partial charge in [0.2, 0.25) is 0 Å². The fraction of sp³-hybridized carbons (Fsp3) is 0.714. The first-order chi connectivity index (χ1) is 14.3. The van der Waals surface area contributed by atoms with Gasteiger partial charge in [0.05, 0.1) is 31.3 Å². The second kappa shape index (κ2) is 12.4. The molecule has 0 saturated carbocycles. The number of ether oxygens (including phenoxy) is 2. The normalized spacial score (nSPS) is 18.4. The minimum atomic E-state index is -3.45. The van der Waals surface area contributed by atoms with E-state index in [2.05, 4.69) is 4.72 Å². The average molecular weight is 462 g/mol. The number of hydrogen-bond acceptors (Lipinski definition) is 6. The van der Waals surface area contributed by atoms with Crippen LogP contribution >= 0.6 is 7.60 Å². The van der Waals surface area contributed by atoms with Crippen LogP contribution in [0.4, 0.5) is 0 Å². The molecular formula is C21H36NO6PS. The summed E-state index contributed by atoms with van der Waals surface area (Å²) >= 11 is 0. The van der Waals surface area contributed by atoms with E-state index in [0.717, 1.165) is 31.2 Å². The van der Waals surface area contributed by atoms with Crippen LogP contribution in [0.5, 0.6) is 0 Å². The van der Waals surface area contributed by atoms with Crippen LogP contribution in [-0.4, -0.2) is 42.2 Å². The minimum absolute atomic E-state index is 0.264. The fourth-order valence-electron chi connectivity index (χ4n) is 3.37. The summed E-state index contributed by atoms with van der Waals surface area (Å²) < 4.78 is 51.6. The first-order valence-corrected chi connectivity index (χ1v) is 13.5. The Bertz CT molecular complexity index is 698. The van der Waals surface area contributed by atoms with Crippen molar-refractivity contribution in [3.8, 4) is 0 Å². The van der Waals surface area contributed by atoms with Crippen molar-refractivity contribution in [1.82, 2.24) is 4.72 Å². The molecule has 1 fully saturated rings. The van der Waals surface area contributed by atoms with Crippen LogP contribution in [0.15, 0.2) is 29.2 Å². The first-order valence-electron chi connectivity index (χ1n) is 10.7. The number of aryl methyl sites for hydroxylation is 1. The lowest BCUT2D eigenvalue weighted by Crippen LogP contribution is -2.32. The lowest BCUT2D eigenvalue weighted by molar-refractivity contribution is -0.147. The van der Waals surface area contributed by atoms with E-state index in [-0.39, 0.29) is 13.2 Å². The van der Waals surface area contributed by atoms with E-state index < -0.39 is 30.2 Å². The Morgan fingerprint density at radius 3 is 2.27 bits per heavy atom. The summed E-state index contributed by atoms with van der Waals surface area (Å²) in [5, 5.41) is 0. The summed E-state index contributed by atoms with van der Waals surface area (Å²) in [7, 11) is -4.96. The molecular weight excluding hydrogens is 425 g/mol. The number of hydrogen-bond donors (Lipinski definition) is 1. The highest BCUT2D eigenvalue weighted by atomic mass is 32.2. The second-order valence-corrected chi connectivity index (χ2v) is 11.0. The van der Waals surface area contributed by atoms with Gasteiger partial charge in [-0.1, -0.05) is 30.5 Å². The van der Waals surface area contributed by atoms with E-state index in [1.807, 2.05) is 38.1 Å². The molecule has 1 aromatic carbocycles. The SMILES string of the molecule is CCOP(=O)(OCC)[C@H](CCCCCC1(C)OCCO1)N[S@@](=O)c1ccc(C)cc1. The Labute approximate surface area is 183 Å². The lowest BCUT2D eigenvalue weighted by atomic mass is 10.1. The van der Waals surface area contributed by atoms with Crippen LogP contribution in [-0.2, 0) is 34.1 Å². The van der Waals surface area contributed by atoms with Crippen molar-refractivity contribution in [2.75, 3.05) is 26.4 Å². The highest BCUT2D eigenvalue weighted by molar-refractivity contribution is 7.83. The molecule has 7 nitrogen and oxygen atoms in total. The van der Waals surface area contributed by atoms with Gasteiger partial charge in [0.25, 0.3) is 0 Å². The maximum Gasteiger partial charge on any atom is 0.348 e. The predicted octanol–water partition coefficient (Wildman–Crippen LogP) is 4.91. The van der Waals surface area contributed by atoms with Gasteiger partial charge in [-0.15, -0.1) is 0 Å². The van der Waals surface area contributed by atoms with Gasteiger partial charge in [-0.25, -0.2) is 8.93 Å². The zero-order chi connectivity index (χ0) is 22.0. The summed E-state index contributed by atoms with van der Waals surface area (Å²) in [5.41, 5.74) is 1.09. The van der Waals surface area contributed by atoms with Crippen molar-refractivity contribution in [3.63, 3.8) is 0 Å². The molecule has 0 spiro atoms. The van der Waals surface area contributed by atoms with Crippen LogP contribution in [0.25, 0.3) is 0 Å². The van der Waals surface area contributed by atoms with Crippen LogP contribution in [0.3, 0.4) is 0 Å². The molecule has 9 heteroatoms. The Morgan fingerprint density at radius 1 is 1.10 bits per heavy atom. The minimum Gasteiger partial charge on any atom is -0.348 e. The average Bonchev–Trinajstić information content (AvgIpc) is 3.14. The van der Waals surface area contributed by atoms with E-state index >= 15 is 0 Å². The summed E-state index contributed by atoms with van der Waals surface area (Å²) in [6, 6.07) is 7.43. The Hall–Kier alpha value is -0.600. The van der Waals surface area contributed by atoms with Gasteiger partial charge in [0, 0.05) is 6.42 Å². The summed E-state index contributed by atoms with van der Waals surface area (Å²) in [4.78, 5) is 0.633. The zero-order valence-electron chi connectivity index (χ0n) is 18.6. The van der Waals surface area contributed by atoms with Crippen molar-refractivity contribution in [3.05, 3.63) is 29.8 Å². The molecule has 1 aliphatic heterocycles. The van der Waals surface area contributed by atoms with Gasteiger partial charge < -0.3 is 18.5 Å². The molecule has 1 aromatic rings. The largest absolute Gasteiger partial charge is 0.348 e. The van der Waals surface area contributed by atoms with Gasteiger partial charge >= 0.3 is 7.60 Å². The van der Waals surface area contributed by atoms with Gasteiger partial charge in [0.1, 0.15) is 16.8 Å². The third-order valence-corrected chi connectivity index (χ3v) is 8.75. The Morgan fingerprint density at radius 2 is 1.70 bits per heavy atom.